The number of anilines is 1. The van der Waals surface area contributed by atoms with E-state index in [-0.39, 0.29) is 29.9 Å². The molecule has 0 radical (unpaired) electrons. The first kappa shape index (κ1) is 25.2. The molecule has 0 spiro atoms. The lowest BCUT2D eigenvalue weighted by Crippen LogP contribution is -2.38. The summed E-state index contributed by atoms with van der Waals surface area (Å²) in [5, 5.41) is 9.12. The van der Waals surface area contributed by atoms with Crippen LogP contribution in [0.5, 0.6) is 5.75 Å². The molecule has 0 atom stereocenters. The first-order valence-electron chi connectivity index (χ1n) is 10.00. The average Bonchev–Trinajstić information content (AvgIpc) is 3.22. The number of carbonyl (C=O) groups excluding carboxylic acids is 1. The summed E-state index contributed by atoms with van der Waals surface area (Å²) in [7, 11) is 1.70. The molecule has 3 N–H and O–H groups in total. The van der Waals surface area contributed by atoms with Crippen molar-refractivity contribution >= 4 is 41.5 Å². The number of hydrogen-bond donors (Lipinski definition) is 3. The first-order valence-corrected chi connectivity index (χ1v) is 10.00. The van der Waals surface area contributed by atoms with Crippen molar-refractivity contribution in [1.82, 2.24) is 15.6 Å². The van der Waals surface area contributed by atoms with Crippen molar-refractivity contribution in [2.75, 3.05) is 25.5 Å². The molecule has 0 saturated carbocycles. The number of aryl methyl sites for hydroxylation is 1. The molecule has 1 aromatic heterocycles. The molecule has 32 heavy (non-hydrogen) atoms. The van der Waals surface area contributed by atoms with E-state index in [2.05, 4.69) is 25.9 Å². The number of hydrogen-bond acceptors (Lipinski definition) is 5. The highest BCUT2D eigenvalue weighted by atomic mass is 127. The maximum Gasteiger partial charge on any atom is 0.226 e. The topological polar surface area (TPSA) is 101 Å². The summed E-state index contributed by atoms with van der Waals surface area (Å²) in [6, 6.07) is 15.3. The molecule has 3 rings (SSSR count). The van der Waals surface area contributed by atoms with Crippen molar-refractivity contribution < 1.29 is 13.9 Å². The normalized spacial score (nSPS) is 10.8. The van der Waals surface area contributed by atoms with Crippen molar-refractivity contribution in [2.24, 2.45) is 4.99 Å². The maximum atomic E-state index is 11.2. The van der Waals surface area contributed by atoms with E-state index >= 15 is 0 Å². The fourth-order valence-electron chi connectivity index (χ4n) is 2.82. The predicted molar refractivity (Wildman–Crippen MR) is 137 cm³/mol. The number of carbonyl (C=O) groups is 1. The van der Waals surface area contributed by atoms with Crippen LogP contribution in [0.3, 0.4) is 0 Å². The second-order valence-electron chi connectivity index (χ2n) is 6.92. The van der Waals surface area contributed by atoms with Crippen molar-refractivity contribution in [3.8, 4) is 17.2 Å². The van der Waals surface area contributed by atoms with Gasteiger partial charge in [-0.05, 0) is 31.2 Å². The highest BCUT2D eigenvalue weighted by Crippen LogP contribution is 2.19. The van der Waals surface area contributed by atoms with Crippen LogP contribution in [0.25, 0.3) is 11.5 Å². The van der Waals surface area contributed by atoms with Crippen LogP contribution >= 0.6 is 24.0 Å². The number of aliphatic imine (C=N–C) groups is 1. The molecule has 0 aliphatic heterocycles. The van der Waals surface area contributed by atoms with E-state index in [0.29, 0.717) is 43.0 Å². The lowest BCUT2D eigenvalue weighted by atomic mass is 10.1. The summed E-state index contributed by atoms with van der Waals surface area (Å²) >= 11 is 0. The van der Waals surface area contributed by atoms with Crippen molar-refractivity contribution in [3.05, 3.63) is 66.1 Å². The Labute approximate surface area is 204 Å². The SMILES string of the molecule is CN=C(NCCOc1cccc(NC(C)=O)c1)NCc1coc(-c2ccc(C)cc2)n1.I. The molecular formula is C23H28IN5O3. The number of halogens is 1. The lowest BCUT2D eigenvalue weighted by Gasteiger charge is -2.12. The molecule has 0 unspecified atom stereocenters. The molecule has 8 nitrogen and oxygen atoms in total. The van der Waals surface area contributed by atoms with Gasteiger partial charge in [-0.25, -0.2) is 4.98 Å². The summed E-state index contributed by atoms with van der Waals surface area (Å²) < 4.78 is 11.3. The third kappa shape index (κ3) is 7.88. The van der Waals surface area contributed by atoms with E-state index in [9.17, 15) is 4.79 Å². The Morgan fingerprint density at radius 1 is 1.16 bits per heavy atom. The number of guanidine groups is 1. The Morgan fingerprint density at radius 3 is 2.66 bits per heavy atom. The maximum absolute atomic E-state index is 11.2. The van der Waals surface area contributed by atoms with Gasteiger partial charge in [0.2, 0.25) is 11.8 Å². The van der Waals surface area contributed by atoms with Gasteiger partial charge in [0.15, 0.2) is 5.96 Å². The van der Waals surface area contributed by atoms with Crippen LogP contribution in [0.4, 0.5) is 5.69 Å². The standard InChI is InChI=1S/C23H27N5O3.HI/c1-16-7-9-18(10-8-16)22-28-20(15-31-22)14-26-23(24-3)25-11-12-30-21-6-4-5-19(13-21)27-17(2)29;/h4-10,13,15H,11-12,14H2,1-3H3,(H,27,29)(H2,24,25,26);1H. The molecule has 170 valence electrons. The Kier molecular flexibility index (Phi) is 9.99. The quantitative estimate of drug-likeness (QED) is 0.170. The van der Waals surface area contributed by atoms with E-state index in [0.717, 1.165) is 11.3 Å². The molecule has 9 heteroatoms. The second-order valence-corrected chi connectivity index (χ2v) is 6.92. The zero-order chi connectivity index (χ0) is 22.1. The number of amides is 1. The van der Waals surface area contributed by atoms with Crippen molar-refractivity contribution in [3.63, 3.8) is 0 Å². The third-order valence-corrected chi connectivity index (χ3v) is 4.33. The number of ether oxygens (including phenoxy) is 1. The molecule has 1 heterocycles. The minimum Gasteiger partial charge on any atom is -0.492 e. The largest absolute Gasteiger partial charge is 0.492 e. The van der Waals surface area contributed by atoms with E-state index in [1.165, 1.54) is 12.5 Å². The smallest absolute Gasteiger partial charge is 0.226 e. The number of benzene rings is 2. The molecule has 0 bridgehead atoms. The Balaban J connectivity index is 0.00000363. The predicted octanol–water partition coefficient (Wildman–Crippen LogP) is 3.97. The average molecular weight is 549 g/mol. The minimum atomic E-state index is -0.119. The number of nitrogens with one attached hydrogen (secondary N) is 3. The highest BCUT2D eigenvalue weighted by molar-refractivity contribution is 14.0. The van der Waals surface area contributed by atoms with Crippen LogP contribution < -0.4 is 20.7 Å². The van der Waals surface area contributed by atoms with Gasteiger partial charge in [-0.3, -0.25) is 9.79 Å². The zero-order valence-corrected chi connectivity index (χ0v) is 20.7. The Bertz CT molecular complexity index is 1030. The molecular weight excluding hydrogens is 521 g/mol. The van der Waals surface area contributed by atoms with Crippen LogP contribution in [-0.2, 0) is 11.3 Å². The van der Waals surface area contributed by atoms with Crippen LogP contribution in [-0.4, -0.2) is 37.1 Å². The summed E-state index contributed by atoms with van der Waals surface area (Å²) in [6.07, 6.45) is 1.64. The van der Waals surface area contributed by atoms with Crippen molar-refractivity contribution in [1.29, 1.82) is 0 Å². The number of oxazole rings is 1. The van der Waals surface area contributed by atoms with Gasteiger partial charge in [-0.2, -0.15) is 0 Å². The van der Waals surface area contributed by atoms with Gasteiger partial charge in [0.05, 0.1) is 18.8 Å². The summed E-state index contributed by atoms with van der Waals surface area (Å²) in [5.41, 5.74) is 3.62. The minimum absolute atomic E-state index is 0. The molecule has 2 aromatic carbocycles. The molecule has 0 saturated heterocycles. The number of nitrogens with zero attached hydrogens (tertiary/aromatic N) is 2. The van der Waals surface area contributed by atoms with Crippen LogP contribution in [0, 0.1) is 6.92 Å². The fourth-order valence-corrected chi connectivity index (χ4v) is 2.82. The van der Waals surface area contributed by atoms with Crippen LogP contribution in [0.1, 0.15) is 18.2 Å². The molecule has 0 aliphatic rings. The summed E-state index contributed by atoms with van der Waals surface area (Å²) in [6.45, 7) is 4.98. The highest BCUT2D eigenvalue weighted by Gasteiger charge is 2.07. The number of rotatable bonds is 8. The Hall–Kier alpha value is -3.08. The molecule has 0 aliphatic carbocycles. The van der Waals surface area contributed by atoms with Gasteiger partial charge in [0.25, 0.3) is 0 Å². The van der Waals surface area contributed by atoms with E-state index in [4.69, 9.17) is 9.15 Å². The summed E-state index contributed by atoms with van der Waals surface area (Å²) in [4.78, 5) is 19.9. The number of aromatic nitrogens is 1. The van der Waals surface area contributed by atoms with Gasteiger partial charge in [0.1, 0.15) is 18.6 Å². The molecule has 3 aromatic rings. The molecule has 0 fully saturated rings. The van der Waals surface area contributed by atoms with Gasteiger partial charge < -0.3 is 25.1 Å². The van der Waals surface area contributed by atoms with E-state index < -0.39 is 0 Å². The van der Waals surface area contributed by atoms with Gasteiger partial charge in [0, 0.05) is 31.3 Å². The van der Waals surface area contributed by atoms with Gasteiger partial charge in [-0.1, -0.05) is 23.8 Å². The van der Waals surface area contributed by atoms with E-state index in [1.807, 2.05) is 49.4 Å². The lowest BCUT2D eigenvalue weighted by molar-refractivity contribution is -0.114. The van der Waals surface area contributed by atoms with E-state index in [1.54, 1.807) is 19.4 Å². The summed E-state index contributed by atoms with van der Waals surface area (Å²) in [5.74, 6) is 1.79. The monoisotopic (exact) mass is 549 g/mol. The Morgan fingerprint density at radius 2 is 1.94 bits per heavy atom. The van der Waals surface area contributed by atoms with Crippen molar-refractivity contribution in [2.45, 2.75) is 20.4 Å². The second kappa shape index (κ2) is 12.7. The first-order chi connectivity index (χ1) is 15.0. The zero-order valence-electron chi connectivity index (χ0n) is 18.3. The molecule has 1 amide bonds. The van der Waals surface area contributed by atoms with Crippen LogP contribution in [0.15, 0.2) is 64.2 Å². The van der Waals surface area contributed by atoms with Gasteiger partial charge in [-0.15, -0.1) is 24.0 Å². The van der Waals surface area contributed by atoms with Crippen LogP contribution in [0.2, 0.25) is 0 Å². The fraction of sp³-hybridized carbons (Fsp3) is 0.261. The van der Waals surface area contributed by atoms with Gasteiger partial charge >= 0.3 is 0 Å². The third-order valence-electron chi connectivity index (χ3n) is 4.33.